The SMILES string of the molecule is NC(=O)C1=CCN2CC3CCC(CC3)C2=N1. The van der Waals surface area contributed by atoms with E-state index in [1.807, 2.05) is 6.08 Å². The van der Waals surface area contributed by atoms with Crippen LogP contribution in [0.3, 0.4) is 0 Å². The molecule has 3 fully saturated rings. The van der Waals surface area contributed by atoms with Crippen LogP contribution in [0.15, 0.2) is 16.8 Å². The highest BCUT2D eigenvalue weighted by molar-refractivity contribution is 5.97. The van der Waals surface area contributed by atoms with Gasteiger partial charge < -0.3 is 10.6 Å². The third-order valence-corrected chi connectivity index (χ3v) is 4.01. The van der Waals surface area contributed by atoms with Gasteiger partial charge in [-0.2, -0.15) is 0 Å². The quantitative estimate of drug-likeness (QED) is 0.712. The molecule has 4 aliphatic rings. The van der Waals surface area contributed by atoms with Crippen molar-refractivity contribution in [3.63, 3.8) is 0 Å². The van der Waals surface area contributed by atoms with E-state index >= 15 is 0 Å². The Labute approximate surface area is 95.2 Å². The van der Waals surface area contributed by atoms with Crippen LogP contribution >= 0.6 is 0 Å². The standard InChI is InChI=1S/C12H17N3O/c13-11(16)10-5-6-15-7-8-1-3-9(4-2-8)12(15)14-10/h5,8-9H,1-4,6-7H2,(H2,13,16). The normalized spacial score (nSPS) is 32.6. The Morgan fingerprint density at radius 2 is 2.12 bits per heavy atom. The summed E-state index contributed by atoms with van der Waals surface area (Å²) in [7, 11) is 0. The van der Waals surface area contributed by atoms with Crippen LogP contribution in [0.4, 0.5) is 0 Å². The number of amides is 1. The Balaban J connectivity index is 1.93. The van der Waals surface area contributed by atoms with Crippen LogP contribution in [-0.4, -0.2) is 29.7 Å². The number of amidine groups is 1. The van der Waals surface area contributed by atoms with Gasteiger partial charge in [0, 0.05) is 19.0 Å². The van der Waals surface area contributed by atoms with Gasteiger partial charge in [0.1, 0.15) is 11.5 Å². The predicted octanol–water partition coefficient (Wildman–Crippen LogP) is 0.890. The number of nitrogens with zero attached hydrogens (tertiary/aromatic N) is 2. The van der Waals surface area contributed by atoms with Gasteiger partial charge in [-0.25, -0.2) is 4.99 Å². The molecule has 1 saturated carbocycles. The number of hydrogen-bond acceptors (Lipinski definition) is 3. The number of fused-ring (bicyclic) bond motifs is 2. The molecule has 16 heavy (non-hydrogen) atoms. The molecule has 3 aliphatic heterocycles. The van der Waals surface area contributed by atoms with Gasteiger partial charge in [0.2, 0.25) is 0 Å². The van der Waals surface area contributed by atoms with Crippen molar-refractivity contribution in [3.05, 3.63) is 11.8 Å². The van der Waals surface area contributed by atoms with E-state index in [-0.39, 0.29) is 0 Å². The number of nitrogens with two attached hydrogens (primary N) is 1. The second-order valence-corrected chi connectivity index (χ2v) is 5.05. The number of carbonyl (C=O) groups excluding carboxylic acids is 1. The summed E-state index contributed by atoms with van der Waals surface area (Å²) in [5, 5.41) is 0. The monoisotopic (exact) mass is 219 g/mol. The number of hydrogen-bond donors (Lipinski definition) is 1. The van der Waals surface area contributed by atoms with Crippen LogP contribution in [-0.2, 0) is 4.79 Å². The van der Waals surface area contributed by atoms with Crippen LogP contribution in [0.5, 0.6) is 0 Å². The molecule has 1 aliphatic carbocycles. The van der Waals surface area contributed by atoms with Crippen molar-refractivity contribution in [1.29, 1.82) is 0 Å². The van der Waals surface area contributed by atoms with Crippen molar-refractivity contribution < 1.29 is 4.79 Å². The molecular weight excluding hydrogens is 202 g/mol. The zero-order chi connectivity index (χ0) is 11.1. The lowest BCUT2D eigenvalue weighted by molar-refractivity contribution is -0.114. The van der Waals surface area contributed by atoms with Gasteiger partial charge in [-0.3, -0.25) is 4.79 Å². The highest BCUT2D eigenvalue weighted by Crippen LogP contribution is 2.36. The average molecular weight is 219 g/mol. The fourth-order valence-electron chi connectivity index (χ4n) is 3.12. The summed E-state index contributed by atoms with van der Waals surface area (Å²) in [5.74, 6) is 2.11. The topological polar surface area (TPSA) is 58.7 Å². The maximum atomic E-state index is 11.1. The third kappa shape index (κ3) is 1.52. The van der Waals surface area contributed by atoms with Crippen LogP contribution in [0.25, 0.3) is 0 Å². The molecule has 2 N–H and O–H groups in total. The Morgan fingerprint density at radius 1 is 1.38 bits per heavy atom. The largest absolute Gasteiger partial charge is 0.364 e. The molecule has 3 heterocycles. The van der Waals surface area contributed by atoms with Crippen molar-refractivity contribution in [2.45, 2.75) is 25.7 Å². The summed E-state index contributed by atoms with van der Waals surface area (Å²) in [6, 6.07) is 0. The van der Waals surface area contributed by atoms with Gasteiger partial charge in [-0.1, -0.05) is 0 Å². The van der Waals surface area contributed by atoms with Gasteiger partial charge in [0.25, 0.3) is 5.91 Å². The molecule has 4 rings (SSSR count). The number of aliphatic imine (C=N–C) groups is 1. The van der Waals surface area contributed by atoms with E-state index in [4.69, 9.17) is 5.73 Å². The summed E-state index contributed by atoms with van der Waals surface area (Å²) >= 11 is 0. The van der Waals surface area contributed by atoms with E-state index in [0.29, 0.717) is 11.6 Å². The van der Waals surface area contributed by atoms with Gasteiger partial charge in [-0.05, 0) is 37.7 Å². The smallest absolute Gasteiger partial charge is 0.267 e. The summed E-state index contributed by atoms with van der Waals surface area (Å²) in [6.07, 6.45) is 6.94. The van der Waals surface area contributed by atoms with Crippen LogP contribution in [0, 0.1) is 11.8 Å². The van der Waals surface area contributed by atoms with Crippen molar-refractivity contribution in [2.24, 2.45) is 22.6 Å². The Kier molecular flexibility index (Phi) is 2.23. The molecule has 86 valence electrons. The first-order valence-electron chi connectivity index (χ1n) is 6.07. The highest BCUT2D eigenvalue weighted by Gasteiger charge is 2.35. The van der Waals surface area contributed by atoms with Crippen molar-refractivity contribution in [2.75, 3.05) is 13.1 Å². The zero-order valence-electron chi connectivity index (χ0n) is 9.35. The molecule has 0 atom stereocenters. The van der Waals surface area contributed by atoms with Crippen LogP contribution < -0.4 is 5.73 Å². The van der Waals surface area contributed by atoms with Crippen LogP contribution in [0.2, 0.25) is 0 Å². The Bertz CT molecular complexity index is 374. The molecule has 0 aromatic heterocycles. The van der Waals surface area contributed by atoms with Crippen molar-refractivity contribution >= 4 is 11.7 Å². The molecule has 2 bridgehead atoms. The fourth-order valence-corrected chi connectivity index (χ4v) is 3.12. The molecule has 1 amide bonds. The van der Waals surface area contributed by atoms with E-state index in [9.17, 15) is 4.79 Å². The van der Waals surface area contributed by atoms with Crippen molar-refractivity contribution in [3.8, 4) is 0 Å². The minimum Gasteiger partial charge on any atom is -0.364 e. The third-order valence-electron chi connectivity index (χ3n) is 4.01. The lowest BCUT2D eigenvalue weighted by atomic mass is 9.84. The molecule has 0 aromatic carbocycles. The summed E-state index contributed by atoms with van der Waals surface area (Å²) < 4.78 is 0. The molecule has 4 nitrogen and oxygen atoms in total. The lowest BCUT2D eigenvalue weighted by Crippen LogP contribution is -2.38. The molecule has 0 unspecified atom stereocenters. The summed E-state index contributed by atoms with van der Waals surface area (Å²) in [5.41, 5.74) is 5.75. The summed E-state index contributed by atoms with van der Waals surface area (Å²) in [4.78, 5) is 18.0. The molecular formula is C12H17N3O. The first-order chi connectivity index (χ1) is 7.74. The maximum absolute atomic E-state index is 11.1. The van der Waals surface area contributed by atoms with E-state index in [1.165, 1.54) is 25.7 Å². The first kappa shape index (κ1) is 9.87. The maximum Gasteiger partial charge on any atom is 0.267 e. The Morgan fingerprint density at radius 3 is 2.81 bits per heavy atom. The second-order valence-electron chi connectivity index (χ2n) is 5.05. The minimum absolute atomic E-state index is 0.397. The van der Waals surface area contributed by atoms with Gasteiger partial charge >= 0.3 is 0 Å². The van der Waals surface area contributed by atoms with Crippen LogP contribution in [0.1, 0.15) is 25.7 Å². The molecule has 0 spiro atoms. The number of carbonyl (C=O) groups is 1. The zero-order valence-corrected chi connectivity index (χ0v) is 9.35. The molecule has 2 saturated heterocycles. The molecule has 0 radical (unpaired) electrons. The van der Waals surface area contributed by atoms with Crippen molar-refractivity contribution in [1.82, 2.24) is 4.90 Å². The number of primary amides is 1. The molecule has 0 aromatic rings. The average Bonchev–Trinajstić information content (AvgIpc) is 2.57. The predicted molar refractivity (Wildman–Crippen MR) is 61.7 cm³/mol. The minimum atomic E-state index is -0.397. The molecule has 4 heteroatoms. The lowest BCUT2D eigenvalue weighted by Gasteiger charge is -2.28. The Hall–Kier alpha value is -1.32. The van der Waals surface area contributed by atoms with E-state index in [0.717, 1.165) is 24.8 Å². The highest BCUT2D eigenvalue weighted by atomic mass is 16.1. The second kappa shape index (κ2) is 3.61. The van der Waals surface area contributed by atoms with E-state index < -0.39 is 5.91 Å². The van der Waals surface area contributed by atoms with Gasteiger partial charge in [0.05, 0.1) is 0 Å². The fraction of sp³-hybridized carbons (Fsp3) is 0.667. The number of rotatable bonds is 1. The first-order valence-corrected chi connectivity index (χ1v) is 6.07. The van der Waals surface area contributed by atoms with E-state index in [2.05, 4.69) is 9.89 Å². The van der Waals surface area contributed by atoms with E-state index in [1.54, 1.807) is 0 Å². The summed E-state index contributed by atoms with van der Waals surface area (Å²) in [6.45, 7) is 1.92. The van der Waals surface area contributed by atoms with Gasteiger partial charge in [-0.15, -0.1) is 0 Å². The van der Waals surface area contributed by atoms with Gasteiger partial charge in [0.15, 0.2) is 0 Å².